The van der Waals surface area contributed by atoms with E-state index in [1.54, 1.807) is 0 Å². The second-order valence-electron chi connectivity index (χ2n) is 5.06. The van der Waals surface area contributed by atoms with Crippen LogP contribution in [0, 0.1) is 13.8 Å². The molecule has 0 unspecified atom stereocenters. The highest BCUT2D eigenvalue weighted by atomic mass is 14.9. The SMILES string of the molecule is Cc1ccc2cc[n+](C)c(-c3cnccc3C)c2c1. The number of rotatable bonds is 1. The summed E-state index contributed by atoms with van der Waals surface area (Å²) in [6, 6.07) is 10.8. The van der Waals surface area contributed by atoms with E-state index in [1.807, 2.05) is 12.4 Å². The largest absolute Gasteiger partial charge is 0.264 e. The minimum atomic E-state index is 1.20. The molecule has 0 fully saturated rings. The third-order valence-electron chi connectivity index (χ3n) is 3.59. The van der Waals surface area contributed by atoms with Crippen LogP contribution in [0.5, 0.6) is 0 Å². The third kappa shape index (κ3) is 1.99. The van der Waals surface area contributed by atoms with Crippen molar-refractivity contribution < 1.29 is 4.57 Å². The predicted molar refractivity (Wildman–Crippen MR) is 77.8 cm³/mol. The molecule has 0 atom stereocenters. The summed E-state index contributed by atoms with van der Waals surface area (Å²) < 4.78 is 2.17. The summed E-state index contributed by atoms with van der Waals surface area (Å²) in [7, 11) is 2.09. The maximum absolute atomic E-state index is 4.28. The Morgan fingerprint density at radius 2 is 1.89 bits per heavy atom. The Kier molecular flexibility index (Phi) is 2.79. The summed E-state index contributed by atoms with van der Waals surface area (Å²) in [6.07, 6.45) is 5.90. The highest BCUT2D eigenvalue weighted by Crippen LogP contribution is 2.27. The molecule has 2 nitrogen and oxygen atoms in total. The maximum Gasteiger partial charge on any atom is 0.222 e. The van der Waals surface area contributed by atoms with Crippen LogP contribution >= 0.6 is 0 Å². The lowest BCUT2D eigenvalue weighted by Gasteiger charge is -2.07. The van der Waals surface area contributed by atoms with Gasteiger partial charge < -0.3 is 0 Å². The zero-order valence-corrected chi connectivity index (χ0v) is 11.5. The molecule has 0 N–H and O–H groups in total. The van der Waals surface area contributed by atoms with E-state index in [4.69, 9.17) is 0 Å². The quantitative estimate of drug-likeness (QED) is 0.604. The first-order valence-corrected chi connectivity index (χ1v) is 6.47. The highest BCUT2D eigenvalue weighted by molar-refractivity contribution is 5.93. The lowest BCUT2D eigenvalue weighted by molar-refractivity contribution is -0.659. The van der Waals surface area contributed by atoms with Gasteiger partial charge in [-0.3, -0.25) is 4.98 Å². The summed E-state index contributed by atoms with van der Waals surface area (Å²) in [5, 5.41) is 2.54. The summed E-state index contributed by atoms with van der Waals surface area (Å²) in [6.45, 7) is 4.26. The van der Waals surface area contributed by atoms with Crippen LogP contribution in [-0.2, 0) is 7.05 Å². The predicted octanol–water partition coefficient (Wildman–Crippen LogP) is 3.34. The number of hydrogen-bond acceptors (Lipinski definition) is 1. The first-order chi connectivity index (χ1) is 9.16. The van der Waals surface area contributed by atoms with Crippen LogP contribution < -0.4 is 4.57 Å². The fourth-order valence-electron chi connectivity index (χ4n) is 2.52. The maximum atomic E-state index is 4.28. The van der Waals surface area contributed by atoms with Gasteiger partial charge in [-0.05, 0) is 36.9 Å². The number of pyridine rings is 2. The van der Waals surface area contributed by atoms with Crippen molar-refractivity contribution in [3.8, 4) is 11.3 Å². The Balaban J connectivity index is 2.43. The van der Waals surface area contributed by atoms with Crippen molar-refractivity contribution in [3.05, 3.63) is 60.0 Å². The third-order valence-corrected chi connectivity index (χ3v) is 3.59. The minimum Gasteiger partial charge on any atom is -0.264 e. The van der Waals surface area contributed by atoms with Crippen molar-refractivity contribution in [2.75, 3.05) is 0 Å². The summed E-state index contributed by atoms with van der Waals surface area (Å²) in [5.74, 6) is 0. The molecule has 0 aliphatic carbocycles. The molecule has 94 valence electrons. The van der Waals surface area contributed by atoms with Crippen molar-refractivity contribution in [1.82, 2.24) is 4.98 Å². The second kappa shape index (κ2) is 4.47. The van der Waals surface area contributed by atoms with Gasteiger partial charge >= 0.3 is 0 Å². The van der Waals surface area contributed by atoms with Crippen molar-refractivity contribution >= 4 is 10.8 Å². The topological polar surface area (TPSA) is 16.8 Å². The fourth-order valence-corrected chi connectivity index (χ4v) is 2.52. The van der Waals surface area contributed by atoms with E-state index in [9.17, 15) is 0 Å². The van der Waals surface area contributed by atoms with Crippen LogP contribution in [0.15, 0.2) is 48.9 Å². The van der Waals surface area contributed by atoms with E-state index in [1.165, 1.54) is 33.2 Å². The Hall–Kier alpha value is -2.22. The van der Waals surface area contributed by atoms with E-state index in [0.29, 0.717) is 0 Å². The molecule has 0 aliphatic heterocycles. The van der Waals surface area contributed by atoms with Crippen molar-refractivity contribution in [1.29, 1.82) is 0 Å². The van der Waals surface area contributed by atoms with Crippen LogP contribution in [-0.4, -0.2) is 4.98 Å². The van der Waals surface area contributed by atoms with Gasteiger partial charge in [0.05, 0.1) is 10.9 Å². The van der Waals surface area contributed by atoms with E-state index in [0.717, 1.165) is 0 Å². The van der Waals surface area contributed by atoms with Gasteiger partial charge in [0.15, 0.2) is 6.20 Å². The molecular weight excluding hydrogens is 232 g/mol. The van der Waals surface area contributed by atoms with Gasteiger partial charge in [0.1, 0.15) is 7.05 Å². The molecule has 0 saturated heterocycles. The molecule has 2 heterocycles. The Labute approximate surface area is 113 Å². The monoisotopic (exact) mass is 249 g/mol. The van der Waals surface area contributed by atoms with Gasteiger partial charge in [0.2, 0.25) is 5.69 Å². The molecule has 0 amide bonds. The molecule has 2 aromatic heterocycles. The van der Waals surface area contributed by atoms with Crippen molar-refractivity contribution in [3.63, 3.8) is 0 Å². The molecule has 0 bridgehead atoms. The average Bonchev–Trinajstić information content (AvgIpc) is 2.40. The molecule has 1 aromatic carbocycles. The zero-order valence-electron chi connectivity index (χ0n) is 11.5. The smallest absolute Gasteiger partial charge is 0.222 e. The van der Waals surface area contributed by atoms with Gasteiger partial charge in [-0.15, -0.1) is 0 Å². The molecule has 3 aromatic rings. The summed E-state index contributed by atoms with van der Waals surface area (Å²) in [5.41, 5.74) is 4.95. The second-order valence-corrected chi connectivity index (χ2v) is 5.06. The van der Waals surface area contributed by atoms with Crippen molar-refractivity contribution in [2.24, 2.45) is 7.05 Å². The minimum absolute atomic E-state index is 1.20. The first-order valence-electron chi connectivity index (χ1n) is 6.47. The van der Waals surface area contributed by atoms with Gasteiger partial charge in [-0.2, -0.15) is 0 Å². The summed E-state index contributed by atoms with van der Waals surface area (Å²) in [4.78, 5) is 4.28. The molecule has 0 saturated carbocycles. The first kappa shape index (κ1) is 11.8. The van der Waals surface area contributed by atoms with Crippen molar-refractivity contribution in [2.45, 2.75) is 13.8 Å². The number of hydrogen-bond donors (Lipinski definition) is 0. The van der Waals surface area contributed by atoms with Crippen LogP contribution in [0.4, 0.5) is 0 Å². The Bertz CT molecular complexity index is 755. The van der Waals surface area contributed by atoms with Gasteiger partial charge in [-0.1, -0.05) is 17.7 Å². The standard InChI is InChI=1S/C17H17N2/c1-12-4-5-14-7-9-19(3)17(15(14)10-12)16-11-18-8-6-13(16)2/h4-11H,1-3H3/q+1. The molecule has 19 heavy (non-hydrogen) atoms. The molecule has 0 spiro atoms. The van der Waals surface area contributed by atoms with E-state index < -0.39 is 0 Å². The normalized spacial score (nSPS) is 10.9. The zero-order chi connectivity index (χ0) is 13.4. The van der Waals surface area contributed by atoms with E-state index in [-0.39, 0.29) is 0 Å². The Morgan fingerprint density at radius 1 is 1.05 bits per heavy atom. The molecule has 0 radical (unpaired) electrons. The average molecular weight is 249 g/mol. The highest BCUT2D eigenvalue weighted by Gasteiger charge is 2.16. The number of aryl methyl sites for hydroxylation is 3. The number of nitrogens with zero attached hydrogens (tertiary/aromatic N) is 2. The number of benzene rings is 1. The number of aromatic nitrogens is 2. The lowest BCUT2D eigenvalue weighted by atomic mass is 10.0. The molecule has 2 heteroatoms. The summed E-state index contributed by atoms with van der Waals surface area (Å²) >= 11 is 0. The van der Waals surface area contributed by atoms with Gasteiger partial charge in [0.25, 0.3) is 0 Å². The van der Waals surface area contributed by atoms with Crippen LogP contribution in [0.1, 0.15) is 11.1 Å². The van der Waals surface area contributed by atoms with Crippen LogP contribution in [0.2, 0.25) is 0 Å². The van der Waals surface area contributed by atoms with E-state index in [2.05, 4.69) is 67.0 Å². The van der Waals surface area contributed by atoms with Gasteiger partial charge in [-0.25, -0.2) is 4.57 Å². The van der Waals surface area contributed by atoms with E-state index >= 15 is 0 Å². The lowest BCUT2D eigenvalue weighted by Crippen LogP contribution is -2.30. The molecule has 0 aliphatic rings. The molecular formula is C17H17N2+. The number of fused-ring (bicyclic) bond motifs is 1. The fraction of sp³-hybridized carbons (Fsp3) is 0.176. The molecule has 3 rings (SSSR count). The van der Waals surface area contributed by atoms with Crippen LogP contribution in [0.3, 0.4) is 0 Å². The van der Waals surface area contributed by atoms with Gasteiger partial charge in [0, 0.05) is 18.5 Å². The van der Waals surface area contributed by atoms with Crippen LogP contribution in [0.25, 0.3) is 22.0 Å². The Morgan fingerprint density at radius 3 is 2.68 bits per heavy atom.